The number of rotatable bonds is 5. The molecule has 1 heterocycles. The number of halogens is 5. The first-order chi connectivity index (χ1) is 11.3. The molecule has 1 saturated heterocycles. The van der Waals surface area contributed by atoms with Crippen molar-refractivity contribution in [2.24, 2.45) is 16.6 Å². The van der Waals surface area contributed by atoms with Gasteiger partial charge in [0.05, 0.1) is 18.7 Å². The lowest BCUT2D eigenvalue weighted by Crippen LogP contribution is -2.32. The van der Waals surface area contributed by atoms with E-state index in [1.165, 1.54) is 12.0 Å². The van der Waals surface area contributed by atoms with Gasteiger partial charge in [0.15, 0.2) is 5.96 Å². The van der Waals surface area contributed by atoms with Gasteiger partial charge in [0.25, 0.3) is 0 Å². The van der Waals surface area contributed by atoms with Crippen LogP contribution in [0.3, 0.4) is 0 Å². The van der Waals surface area contributed by atoms with Gasteiger partial charge in [-0.05, 0) is 37.1 Å². The minimum atomic E-state index is -4.16. The number of anilines is 1. The maximum atomic E-state index is 12.4. The molecule has 142 valence electrons. The lowest BCUT2D eigenvalue weighted by Gasteiger charge is -2.17. The summed E-state index contributed by atoms with van der Waals surface area (Å²) in [6.45, 7) is 0.328. The van der Waals surface area contributed by atoms with Crippen molar-refractivity contribution in [2.75, 3.05) is 38.6 Å². The molecule has 0 bridgehead atoms. The molecule has 1 unspecified atom stereocenters. The molecule has 0 spiro atoms. The summed E-state index contributed by atoms with van der Waals surface area (Å²) >= 11 is 6.02. The van der Waals surface area contributed by atoms with E-state index in [1.54, 1.807) is 18.2 Å². The molecule has 1 aliphatic rings. The van der Waals surface area contributed by atoms with Gasteiger partial charge in [0.2, 0.25) is 0 Å². The van der Waals surface area contributed by atoms with E-state index in [-0.39, 0.29) is 35.9 Å². The van der Waals surface area contributed by atoms with Gasteiger partial charge < -0.3 is 15.8 Å². The third-order valence-corrected chi connectivity index (χ3v) is 4.01. The van der Waals surface area contributed by atoms with Crippen LogP contribution in [0.15, 0.2) is 23.2 Å². The Kier molecular flexibility index (Phi) is 8.55. The molecule has 3 N–H and O–H groups in total. The van der Waals surface area contributed by atoms with E-state index in [1.807, 2.05) is 0 Å². The standard InChI is InChI=1S/C15H20ClF3N4O.HI/c1-24-13-3-2-11(6-12(13)16)22-14(20)21-7-10-4-5-23(8-10)9-15(17,18)19;/h2-3,6,10H,4-5,7-9H2,1H3,(H3,20,21,22);1H. The second-order valence-electron chi connectivity index (χ2n) is 5.71. The van der Waals surface area contributed by atoms with Crippen LogP contribution in [0.2, 0.25) is 5.02 Å². The van der Waals surface area contributed by atoms with Crippen LogP contribution in [0, 0.1) is 5.92 Å². The second kappa shape index (κ2) is 9.67. The first kappa shape index (κ1) is 22.1. The Hall–Kier alpha value is -0.940. The molecule has 1 aliphatic heterocycles. The highest BCUT2D eigenvalue weighted by Gasteiger charge is 2.34. The zero-order valence-electron chi connectivity index (χ0n) is 13.6. The fourth-order valence-corrected chi connectivity index (χ4v) is 2.88. The van der Waals surface area contributed by atoms with Crippen molar-refractivity contribution in [1.82, 2.24) is 4.90 Å². The summed E-state index contributed by atoms with van der Waals surface area (Å²) in [5.74, 6) is 0.825. The fourth-order valence-electron chi connectivity index (χ4n) is 2.62. The van der Waals surface area contributed by atoms with E-state index in [0.29, 0.717) is 42.5 Å². The number of hydrogen-bond donors (Lipinski definition) is 2. The van der Waals surface area contributed by atoms with E-state index in [9.17, 15) is 13.2 Å². The first-order valence-corrected chi connectivity index (χ1v) is 7.84. The normalized spacial score (nSPS) is 18.8. The Bertz CT molecular complexity index is 601. The highest BCUT2D eigenvalue weighted by Crippen LogP contribution is 2.27. The maximum absolute atomic E-state index is 12.4. The second-order valence-corrected chi connectivity index (χ2v) is 6.11. The monoisotopic (exact) mass is 492 g/mol. The zero-order valence-corrected chi connectivity index (χ0v) is 16.7. The summed E-state index contributed by atoms with van der Waals surface area (Å²) in [5, 5.41) is 3.34. The Labute approximate surface area is 166 Å². The summed E-state index contributed by atoms with van der Waals surface area (Å²) < 4.78 is 42.1. The number of likely N-dealkylation sites (tertiary alicyclic amines) is 1. The minimum Gasteiger partial charge on any atom is -0.495 e. The van der Waals surface area contributed by atoms with Crippen LogP contribution >= 0.6 is 35.6 Å². The summed E-state index contributed by atoms with van der Waals surface area (Å²) in [6, 6.07) is 5.10. The predicted molar refractivity (Wildman–Crippen MR) is 104 cm³/mol. The number of alkyl halides is 3. The molecule has 0 radical (unpaired) electrons. The van der Waals surface area contributed by atoms with Gasteiger partial charge in [-0.1, -0.05) is 11.6 Å². The topological polar surface area (TPSA) is 62.9 Å². The minimum absolute atomic E-state index is 0. The Morgan fingerprint density at radius 1 is 1.48 bits per heavy atom. The van der Waals surface area contributed by atoms with E-state index in [2.05, 4.69) is 10.3 Å². The fraction of sp³-hybridized carbons (Fsp3) is 0.533. The number of nitrogens with two attached hydrogens (primary N) is 1. The third kappa shape index (κ3) is 7.45. The number of guanidine groups is 1. The van der Waals surface area contributed by atoms with Gasteiger partial charge in [0, 0.05) is 18.8 Å². The van der Waals surface area contributed by atoms with Crippen LogP contribution < -0.4 is 15.8 Å². The van der Waals surface area contributed by atoms with Crippen molar-refractivity contribution in [3.8, 4) is 5.75 Å². The van der Waals surface area contributed by atoms with Crippen molar-refractivity contribution in [3.63, 3.8) is 0 Å². The number of ether oxygens (including phenoxy) is 1. The Balaban J connectivity index is 0.00000312. The van der Waals surface area contributed by atoms with Crippen LogP contribution in [0.4, 0.5) is 18.9 Å². The van der Waals surface area contributed by atoms with E-state index < -0.39 is 12.7 Å². The van der Waals surface area contributed by atoms with Gasteiger partial charge in [-0.15, -0.1) is 24.0 Å². The van der Waals surface area contributed by atoms with Gasteiger partial charge in [-0.2, -0.15) is 13.2 Å². The van der Waals surface area contributed by atoms with Crippen molar-refractivity contribution in [3.05, 3.63) is 23.2 Å². The molecule has 1 aromatic carbocycles. The molecule has 2 rings (SSSR count). The lowest BCUT2D eigenvalue weighted by molar-refractivity contribution is -0.143. The summed E-state index contributed by atoms with van der Waals surface area (Å²) in [4.78, 5) is 5.60. The number of nitrogens with zero attached hydrogens (tertiary/aromatic N) is 2. The zero-order chi connectivity index (χ0) is 17.7. The largest absolute Gasteiger partial charge is 0.495 e. The molecule has 0 amide bonds. The van der Waals surface area contributed by atoms with Crippen molar-refractivity contribution in [1.29, 1.82) is 0 Å². The quantitative estimate of drug-likeness (QED) is 0.375. The summed E-state index contributed by atoms with van der Waals surface area (Å²) in [5.41, 5.74) is 6.47. The predicted octanol–water partition coefficient (Wildman–Crippen LogP) is 3.58. The number of nitrogens with one attached hydrogen (secondary N) is 1. The first-order valence-electron chi connectivity index (χ1n) is 7.46. The molecule has 1 fully saturated rings. The van der Waals surface area contributed by atoms with Crippen LogP contribution in [0.5, 0.6) is 5.75 Å². The highest BCUT2D eigenvalue weighted by molar-refractivity contribution is 14.0. The average Bonchev–Trinajstić information content (AvgIpc) is 2.91. The van der Waals surface area contributed by atoms with Gasteiger partial charge in [0.1, 0.15) is 5.75 Å². The Morgan fingerprint density at radius 3 is 2.80 bits per heavy atom. The van der Waals surface area contributed by atoms with Crippen LogP contribution in [-0.2, 0) is 0 Å². The molecule has 5 nitrogen and oxygen atoms in total. The molecule has 1 aromatic rings. The molecule has 0 aliphatic carbocycles. The summed E-state index contributed by atoms with van der Waals surface area (Å²) in [7, 11) is 1.52. The van der Waals surface area contributed by atoms with E-state index in [4.69, 9.17) is 22.1 Å². The van der Waals surface area contributed by atoms with Gasteiger partial charge >= 0.3 is 6.18 Å². The lowest BCUT2D eigenvalue weighted by atomic mass is 10.1. The number of aliphatic imine (C=N–C) groups is 1. The number of hydrogen-bond acceptors (Lipinski definition) is 3. The molecule has 10 heteroatoms. The van der Waals surface area contributed by atoms with Crippen molar-refractivity contribution in [2.45, 2.75) is 12.6 Å². The molecular formula is C15H21ClF3IN4O. The Morgan fingerprint density at radius 2 is 2.20 bits per heavy atom. The SMILES string of the molecule is COc1ccc(NC(N)=NCC2CCN(CC(F)(F)F)C2)cc1Cl.I. The van der Waals surface area contributed by atoms with Crippen LogP contribution in [0.25, 0.3) is 0 Å². The molecule has 0 aromatic heterocycles. The average molecular weight is 493 g/mol. The van der Waals surface area contributed by atoms with Crippen LogP contribution in [0.1, 0.15) is 6.42 Å². The van der Waals surface area contributed by atoms with Gasteiger partial charge in [-0.3, -0.25) is 9.89 Å². The van der Waals surface area contributed by atoms with Crippen molar-refractivity contribution >= 4 is 47.2 Å². The molecule has 25 heavy (non-hydrogen) atoms. The third-order valence-electron chi connectivity index (χ3n) is 3.72. The molecule has 0 saturated carbocycles. The molecule has 1 atom stereocenters. The summed E-state index contributed by atoms with van der Waals surface area (Å²) in [6.07, 6.45) is -3.48. The molecular weight excluding hydrogens is 472 g/mol. The highest BCUT2D eigenvalue weighted by atomic mass is 127. The van der Waals surface area contributed by atoms with Gasteiger partial charge in [-0.25, -0.2) is 0 Å². The van der Waals surface area contributed by atoms with E-state index >= 15 is 0 Å². The maximum Gasteiger partial charge on any atom is 0.401 e. The van der Waals surface area contributed by atoms with Crippen molar-refractivity contribution < 1.29 is 17.9 Å². The smallest absolute Gasteiger partial charge is 0.401 e. The van der Waals surface area contributed by atoms with Crippen LogP contribution in [-0.4, -0.2) is 50.3 Å². The number of methoxy groups -OCH3 is 1. The number of benzene rings is 1. The van der Waals surface area contributed by atoms with E-state index in [0.717, 1.165) is 0 Å².